The molecule has 3 rings (SSSR count). The number of halogens is 1. The van der Waals surface area contributed by atoms with Crippen LogP contribution in [0.2, 0.25) is 5.02 Å². The predicted octanol–water partition coefficient (Wildman–Crippen LogP) is 4.03. The number of nitrogens with one attached hydrogen (secondary N) is 3. The van der Waals surface area contributed by atoms with E-state index in [9.17, 15) is 0 Å². The van der Waals surface area contributed by atoms with Crippen molar-refractivity contribution >= 4 is 23.2 Å². The SMILES string of the molecule is COCC(C)NC1CCC(Nc2cc(-c3nccc(NCC=CC#N)n3)c(Cl)cn2)CC1. The minimum atomic E-state index is 0.364. The van der Waals surface area contributed by atoms with Gasteiger partial charge in [0.15, 0.2) is 5.82 Å². The molecule has 1 saturated carbocycles. The van der Waals surface area contributed by atoms with Gasteiger partial charge in [0.2, 0.25) is 0 Å². The second-order valence-electron chi connectivity index (χ2n) is 7.94. The smallest absolute Gasteiger partial charge is 0.163 e. The Kier molecular flexibility index (Phi) is 9.23. The Morgan fingerprint density at radius 2 is 2.03 bits per heavy atom. The van der Waals surface area contributed by atoms with Crippen LogP contribution in [0.4, 0.5) is 11.6 Å². The van der Waals surface area contributed by atoms with Crippen LogP contribution in [0.1, 0.15) is 32.6 Å². The number of aromatic nitrogens is 3. The Balaban J connectivity index is 1.61. The highest BCUT2D eigenvalue weighted by Gasteiger charge is 2.22. The highest BCUT2D eigenvalue weighted by Crippen LogP contribution is 2.29. The fourth-order valence-corrected chi connectivity index (χ4v) is 4.05. The van der Waals surface area contributed by atoms with Gasteiger partial charge >= 0.3 is 0 Å². The molecule has 0 aromatic carbocycles. The highest BCUT2D eigenvalue weighted by atomic mass is 35.5. The normalized spacial score (nSPS) is 19.4. The molecule has 1 aliphatic rings. The molecule has 0 saturated heterocycles. The lowest BCUT2D eigenvalue weighted by Gasteiger charge is -2.31. The molecule has 1 fully saturated rings. The van der Waals surface area contributed by atoms with Gasteiger partial charge < -0.3 is 20.7 Å². The largest absolute Gasteiger partial charge is 0.383 e. The van der Waals surface area contributed by atoms with Crippen molar-refractivity contribution in [2.24, 2.45) is 0 Å². The van der Waals surface area contributed by atoms with Gasteiger partial charge in [0.1, 0.15) is 11.6 Å². The zero-order valence-electron chi connectivity index (χ0n) is 18.5. The number of pyridine rings is 1. The quantitative estimate of drug-likeness (QED) is 0.461. The van der Waals surface area contributed by atoms with Gasteiger partial charge in [-0.3, -0.25) is 0 Å². The number of nitriles is 1. The summed E-state index contributed by atoms with van der Waals surface area (Å²) in [5, 5.41) is 19.4. The number of ether oxygens (including phenoxy) is 1. The van der Waals surface area contributed by atoms with Crippen molar-refractivity contribution in [2.45, 2.75) is 50.7 Å². The first kappa shape index (κ1) is 23.9. The van der Waals surface area contributed by atoms with Crippen LogP contribution < -0.4 is 16.0 Å². The summed E-state index contributed by atoms with van der Waals surface area (Å²) >= 11 is 6.41. The molecule has 1 aliphatic carbocycles. The van der Waals surface area contributed by atoms with E-state index in [1.54, 1.807) is 31.6 Å². The molecule has 170 valence electrons. The fourth-order valence-electron chi connectivity index (χ4n) is 3.87. The third kappa shape index (κ3) is 7.16. The van der Waals surface area contributed by atoms with Crippen molar-refractivity contribution in [3.05, 3.63) is 41.7 Å². The summed E-state index contributed by atoms with van der Waals surface area (Å²) < 4.78 is 5.22. The molecule has 1 unspecified atom stereocenters. The van der Waals surface area contributed by atoms with Crippen LogP contribution in [0.25, 0.3) is 11.4 Å². The molecule has 2 aromatic rings. The summed E-state index contributed by atoms with van der Waals surface area (Å²) in [5.74, 6) is 1.95. The second kappa shape index (κ2) is 12.3. The van der Waals surface area contributed by atoms with Gasteiger partial charge in [0.05, 0.1) is 17.7 Å². The maximum atomic E-state index is 8.57. The van der Waals surface area contributed by atoms with Crippen molar-refractivity contribution in [1.82, 2.24) is 20.3 Å². The van der Waals surface area contributed by atoms with Crippen LogP contribution in [0, 0.1) is 11.3 Å². The molecule has 8 nitrogen and oxygen atoms in total. The van der Waals surface area contributed by atoms with E-state index in [1.807, 2.05) is 12.1 Å². The molecule has 9 heteroatoms. The molecule has 0 spiro atoms. The van der Waals surface area contributed by atoms with Gasteiger partial charge in [-0.1, -0.05) is 17.7 Å². The third-order valence-corrected chi connectivity index (χ3v) is 5.66. The number of anilines is 2. The monoisotopic (exact) mass is 455 g/mol. The molecule has 0 bridgehead atoms. The number of methoxy groups -OCH3 is 1. The van der Waals surface area contributed by atoms with E-state index in [0.29, 0.717) is 41.3 Å². The lowest BCUT2D eigenvalue weighted by molar-refractivity contribution is 0.161. The summed E-state index contributed by atoms with van der Waals surface area (Å²) in [6.45, 7) is 3.39. The summed E-state index contributed by atoms with van der Waals surface area (Å²) in [4.78, 5) is 13.4. The lowest BCUT2D eigenvalue weighted by Crippen LogP contribution is -2.42. The number of rotatable bonds is 10. The molecule has 2 aromatic heterocycles. The zero-order chi connectivity index (χ0) is 22.8. The second-order valence-corrected chi connectivity index (χ2v) is 8.35. The van der Waals surface area contributed by atoms with Crippen LogP contribution in [-0.2, 0) is 4.74 Å². The number of hydrogen-bond acceptors (Lipinski definition) is 8. The standard InChI is InChI=1S/C23H30ClN7O/c1-16(15-32-2)29-17-5-7-18(8-6-17)30-22-13-19(20(24)14-28-22)23-27-12-9-21(31-23)26-11-4-3-10-25/h3-4,9,12-14,16-18,29H,5-8,11,15H2,1-2H3,(H,28,30)(H,26,27,31). The Bertz CT molecular complexity index is 938. The molecular weight excluding hydrogens is 426 g/mol. The summed E-state index contributed by atoms with van der Waals surface area (Å²) in [6, 6.07) is 6.90. The average Bonchev–Trinajstić information content (AvgIpc) is 2.80. The molecule has 1 atom stereocenters. The Labute approximate surface area is 194 Å². The Hall–Kier alpha value is -2.73. The summed E-state index contributed by atoms with van der Waals surface area (Å²) in [6.07, 6.45) is 10.8. The lowest BCUT2D eigenvalue weighted by atomic mass is 9.90. The van der Waals surface area contributed by atoms with Crippen LogP contribution in [0.15, 0.2) is 36.7 Å². The predicted molar refractivity (Wildman–Crippen MR) is 128 cm³/mol. The zero-order valence-corrected chi connectivity index (χ0v) is 19.3. The van der Waals surface area contributed by atoms with E-state index in [4.69, 9.17) is 21.6 Å². The maximum absolute atomic E-state index is 8.57. The molecule has 32 heavy (non-hydrogen) atoms. The first-order valence-electron chi connectivity index (χ1n) is 10.9. The number of hydrogen-bond donors (Lipinski definition) is 3. The first-order valence-corrected chi connectivity index (χ1v) is 11.3. The van der Waals surface area contributed by atoms with Crippen molar-refractivity contribution < 1.29 is 4.74 Å². The van der Waals surface area contributed by atoms with Gasteiger partial charge in [-0.25, -0.2) is 15.0 Å². The van der Waals surface area contributed by atoms with E-state index < -0.39 is 0 Å². The third-order valence-electron chi connectivity index (χ3n) is 5.36. The number of nitrogens with zero attached hydrogens (tertiary/aromatic N) is 4. The highest BCUT2D eigenvalue weighted by molar-refractivity contribution is 6.33. The molecule has 2 heterocycles. The van der Waals surface area contributed by atoms with E-state index in [2.05, 4.69) is 37.8 Å². The van der Waals surface area contributed by atoms with Crippen LogP contribution in [-0.4, -0.2) is 53.3 Å². The fraction of sp³-hybridized carbons (Fsp3) is 0.478. The molecule has 0 aliphatic heterocycles. The number of allylic oxidation sites excluding steroid dienone is 1. The average molecular weight is 456 g/mol. The van der Waals surface area contributed by atoms with E-state index in [0.717, 1.165) is 43.7 Å². The van der Waals surface area contributed by atoms with Crippen molar-refractivity contribution in [1.29, 1.82) is 5.26 Å². The van der Waals surface area contributed by atoms with Gasteiger partial charge in [-0.15, -0.1) is 0 Å². The van der Waals surface area contributed by atoms with Gasteiger partial charge in [-0.2, -0.15) is 5.26 Å². The van der Waals surface area contributed by atoms with Gasteiger partial charge in [-0.05, 0) is 44.7 Å². The van der Waals surface area contributed by atoms with Crippen molar-refractivity contribution in [2.75, 3.05) is 30.9 Å². The van der Waals surface area contributed by atoms with E-state index >= 15 is 0 Å². The van der Waals surface area contributed by atoms with Gasteiger partial charge in [0.25, 0.3) is 0 Å². The summed E-state index contributed by atoms with van der Waals surface area (Å²) in [5.41, 5.74) is 0.726. The molecular formula is C23H30ClN7O. The molecule has 0 radical (unpaired) electrons. The molecule has 0 amide bonds. The van der Waals surface area contributed by atoms with Crippen molar-refractivity contribution in [3.63, 3.8) is 0 Å². The van der Waals surface area contributed by atoms with Gasteiger partial charge in [0, 0.05) is 55.8 Å². The van der Waals surface area contributed by atoms with E-state index in [1.165, 1.54) is 6.08 Å². The van der Waals surface area contributed by atoms with Crippen LogP contribution in [0.3, 0.4) is 0 Å². The minimum absolute atomic E-state index is 0.364. The van der Waals surface area contributed by atoms with Crippen molar-refractivity contribution in [3.8, 4) is 17.5 Å². The topological polar surface area (TPSA) is 108 Å². The summed E-state index contributed by atoms with van der Waals surface area (Å²) in [7, 11) is 1.73. The Morgan fingerprint density at radius 3 is 2.78 bits per heavy atom. The minimum Gasteiger partial charge on any atom is -0.383 e. The van der Waals surface area contributed by atoms with E-state index in [-0.39, 0.29) is 0 Å². The van der Waals surface area contributed by atoms with Crippen LogP contribution >= 0.6 is 11.6 Å². The Morgan fingerprint density at radius 1 is 1.25 bits per heavy atom. The molecule has 3 N–H and O–H groups in total. The maximum Gasteiger partial charge on any atom is 0.163 e. The first-order chi connectivity index (χ1) is 15.6. The van der Waals surface area contributed by atoms with Crippen LogP contribution in [0.5, 0.6) is 0 Å².